The number of carboxylic acid groups (broad SMARTS) is 1. The fourth-order valence-corrected chi connectivity index (χ4v) is 3.00. The molecular weight excluding hydrogens is 276 g/mol. The van der Waals surface area contributed by atoms with Crippen LogP contribution in [0.4, 0.5) is 0 Å². The Morgan fingerprint density at radius 1 is 1.40 bits per heavy atom. The minimum absolute atomic E-state index is 0.329. The van der Waals surface area contributed by atoms with Crippen LogP contribution in [-0.4, -0.2) is 33.8 Å². The Bertz CT molecular complexity index is 624. The van der Waals surface area contributed by atoms with E-state index in [1.807, 2.05) is 30.5 Å². The second kappa shape index (κ2) is 6.47. The van der Waals surface area contributed by atoms with E-state index in [2.05, 4.69) is 10.3 Å². The summed E-state index contributed by atoms with van der Waals surface area (Å²) in [6.45, 7) is 1.32. The van der Waals surface area contributed by atoms with Crippen LogP contribution in [0, 0.1) is 0 Å². The second-order valence-electron chi connectivity index (χ2n) is 4.47. The first kappa shape index (κ1) is 14.5. The maximum absolute atomic E-state index is 11.0. The number of carbonyl (C=O) groups is 2. The third-order valence-electron chi connectivity index (χ3n) is 2.89. The van der Waals surface area contributed by atoms with Gasteiger partial charge in [0.05, 0.1) is 0 Å². The molecule has 0 fully saturated rings. The number of hydrogen-bond acceptors (Lipinski definition) is 3. The molecule has 3 N–H and O–H groups in total. The summed E-state index contributed by atoms with van der Waals surface area (Å²) in [7, 11) is 0. The van der Waals surface area contributed by atoms with Crippen molar-refractivity contribution >= 4 is 34.5 Å². The zero-order valence-corrected chi connectivity index (χ0v) is 11.9. The van der Waals surface area contributed by atoms with Gasteiger partial charge in [-0.1, -0.05) is 18.2 Å². The van der Waals surface area contributed by atoms with Crippen molar-refractivity contribution in [2.24, 2.45) is 0 Å². The van der Waals surface area contributed by atoms with E-state index in [0.29, 0.717) is 11.5 Å². The van der Waals surface area contributed by atoms with Crippen molar-refractivity contribution in [1.82, 2.24) is 10.3 Å². The molecule has 1 atom stereocenters. The van der Waals surface area contributed by atoms with E-state index < -0.39 is 12.0 Å². The molecule has 0 radical (unpaired) electrons. The van der Waals surface area contributed by atoms with Gasteiger partial charge >= 0.3 is 5.97 Å². The van der Waals surface area contributed by atoms with Gasteiger partial charge in [0.1, 0.15) is 6.04 Å². The largest absolute Gasteiger partial charge is 0.480 e. The van der Waals surface area contributed by atoms with Gasteiger partial charge in [-0.3, -0.25) is 4.79 Å². The molecular formula is C14H16N2O3S. The normalized spacial score (nSPS) is 12.2. The van der Waals surface area contributed by atoms with Crippen LogP contribution in [0.15, 0.2) is 30.5 Å². The summed E-state index contributed by atoms with van der Waals surface area (Å²) >= 11 is 1.49. The van der Waals surface area contributed by atoms with E-state index in [1.165, 1.54) is 18.7 Å². The summed E-state index contributed by atoms with van der Waals surface area (Å²) in [6.07, 6.45) is 1.94. The Labute approximate surface area is 120 Å². The summed E-state index contributed by atoms with van der Waals surface area (Å²) in [6, 6.07) is 7.13. The molecule has 1 heterocycles. The van der Waals surface area contributed by atoms with Gasteiger partial charge in [0.25, 0.3) is 0 Å². The van der Waals surface area contributed by atoms with Gasteiger partial charge in [0.2, 0.25) is 5.91 Å². The quantitative estimate of drug-likeness (QED) is 0.760. The fourth-order valence-electron chi connectivity index (χ4n) is 1.96. The second-order valence-corrected chi connectivity index (χ2v) is 5.50. The van der Waals surface area contributed by atoms with E-state index in [9.17, 15) is 9.59 Å². The molecule has 1 aromatic heterocycles. The maximum atomic E-state index is 11.0. The van der Waals surface area contributed by atoms with E-state index in [0.717, 1.165) is 16.5 Å². The Kier molecular flexibility index (Phi) is 4.68. The minimum atomic E-state index is -1.01. The third kappa shape index (κ3) is 3.54. The minimum Gasteiger partial charge on any atom is -0.480 e. The molecule has 106 valence electrons. The smallest absolute Gasteiger partial charge is 0.327 e. The number of H-pyrrole nitrogens is 1. The Hall–Kier alpha value is -1.95. The molecule has 5 nitrogen and oxygen atoms in total. The van der Waals surface area contributed by atoms with E-state index in [1.54, 1.807) is 0 Å². The van der Waals surface area contributed by atoms with Gasteiger partial charge in [0.15, 0.2) is 0 Å². The zero-order valence-electron chi connectivity index (χ0n) is 11.1. The van der Waals surface area contributed by atoms with Crippen molar-refractivity contribution in [2.75, 3.05) is 5.75 Å². The molecule has 0 bridgehead atoms. The number of thioether (sulfide) groups is 1. The first-order chi connectivity index (χ1) is 9.58. The molecule has 20 heavy (non-hydrogen) atoms. The molecule has 0 spiro atoms. The highest BCUT2D eigenvalue weighted by Gasteiger charge is 2.18. The summed E-state index contributed by atoms with van der Waals surface area (Å²) in [5.74, 6) is -0.293. The average Bonchev–Trinajstić information content (AvgIpc) is 2.80. The maximum Gasteiger partial charge on any atom is 0.327 e. The number of rotatable bonds is 6. The molecule has 1 amide bonds. The van der Waals surface area contributed by atoms with Crippen molar-refractivity contribution < 1.29 is 14.7 Å². The van der Waals surface area contributed by atoms with Gasteiger partial charge < -0.3 is 15.4 Å². The summed E-state index contributed by atoms with van der Waals surface area (Å²) < 4.78 is 0. The molecule has 2 aromatic rings. The monoisotopic (exact) mass is 292 g/mol. The Morgan fingerprint density at radius 3 is 2.85 bits per heavy atom. The average molecular weight is 292 g/mol. The number of fused-ring (bicyclic) bond motifs is 1. The SMILES string of the molecule is CC(=O)NC(CSCc1c[nH]c2ccccc12)C(=O)O. The van der Waals surface area contributed by atoms with Crippen molar-refractivity contribution in [3.8, 4) is 0 Å². The van der Waals surface area contributed by atoms with Crippen LogP contribution >= 0.6 is 11.8 Å². The van der Waals surface area contributed by atoms with Crippen LogP contribution in [0.3, 0.4) is 0 Å². The molecule has 1 aromatic carbocycles. The molecule has 0 saturated heterocycles. The number of benzene rings is 1. The lowest BCUT2D eigenvalue weighted by atomic mass is 10.2. The van der Waals surface area contributed by atoms with Crippen LogP contribution < -0.4 is 5.32 Å². The number of carbonyl (C=O) groups excluding carboxylic acids is 1. The lowest BCUT2D eigenvalue weighted by Gasteiger charge is -2.12. The zero-order chi connectivity index (χ0) is 14.5. The predicted molar refractivity (Wildman–Crippen MR) is 79.7 cm³/mol. The van der Waals surface area contributed by atoms with E-state index in [4.69, 9.17) is 5.11 Å². The number of carboxylic acids is 1. The fraction of sp³-hybridized carbons (Fsp3) is 0.286. The first-order valence-electron chi connectivity index (χ1n) is 6.20. The Balaban J connectivity index is 1.94. The number of hydrogen-bond donors (Lipinski definition) is 3. The summed E-state index contributed by atoms with van der Waals surface area (Å²) in [4.78, 5) is 25.1. The summed E-state index contributed by atoms with van der Waals surface area (Å²) in [5.41, 5.74) is 2.21. The lowest BCUT2D eigenvalue weighted by molar-refractivity contribution is -0.140. The van der Waals surface area contributed by atoms with Crippen molar-refractivity contribution in [3.05, 3.63) is 36.0 Å². The van der Waals surface area contributed by atoms with Crippen molar-refractivity contribution in [3.63, 3.8) is 0 Å². The van der Waals surface area contributed by atoms with Gasteiger partial charge in [-0.15, -0.1) is 0 Å². The predicted octanol–water partition coefficient (Wildman–Crippen LogP) is 1.99. The number of nitrogens with one attached hydrogen (secondary N) is 2. The molecule has 6 heteroatoms. The first-order valence-corrected chi connectivity index (χ1v) is 7.36. The lowest BCUT2D eigenvalue weighted by Crippen LogP contribution is -2.41. The Morgan fingerprint density at radius 2 is 2.15 bits per heavy atom. The van der Waals surface area contributed by atoms with E-state index in [-0.39, 0.29) is 5.91 Å². The van der Waals surface area contributed by atoms with Gasteiger partial charge in [-0.25, -0.2) is 4.79 Å². The van der Waals surface area contributed by atoms with Crippen LogP contribution in [0.25, 0.3) is 10.9 Å². The standard InChI is InChI=1S/C14H16N2O3S/c1-9(17)16-13(14(18)19)8-20-7-10-6-15-12-5-3-2-4-11(10)12/h2-6,13,15H,7-8H2,1H3,(H,16,17)(H,18,19). The number of aliphatic carboxylic acids is 1. The number of aromatic nitrogens is 1. The number of aromatic amines is 1. The summed E-state index contributed by atoms with van der Waals surface area (Å²) in [5, 5.41) is 12.6. The highest BCUT2D eigenvalue weighted by atomic mass is 32.2. The van der Waals surface area contributed by atoms with Gasteiger partial charge in [-0.05, 0) is 11.6 Å². The molecule has 0 aliphatic heterocycles. The highest BCUT2D eigenvalue weighted by molar-refractivity contribution is 7.98. The molecule has 1 unspecified atom stereocenters. The van der Waals surface area contributed by atoms with Crippen molar-refractivity contribution in [1.29, 1.82) is 0 Å². The van der Waals surface area contributed by atoms with Crippen LogP contribution in [0.5, 0.6) is 0 Å². The molecule has 0 aliphatic rings. The molecule has 0 saturated carbocycles. The number of amides is 1. The van der Waals surface area contributed by atoms with Gasteiger partial charge in [0, 0.05) is 35.5 Å². The highest BCUT2D eigenvalue weighted by Crippen LogP contribution is 2.22. The molecule has 2 rings (SSSR count). The van der Waals surface area contributed by atoms with Gasteiger partial charge in [-0.2, -0.15) is 11.8 Å². The van der Waals surface area contributed by atoms with Crippen LogP contribution in [0.2, 0.25) is 0 Å². The van der Waals surface area contributed by atoms with Crippen LogP contribution in [-0.2, 0) is 15.3 Å². The molecule has 0 aliphatic carbocycles. The van der Waals surface area contributed by atoms with Crippen LogP contribution in [0.1, 0.15) is 12.5 Å². The van der Waals surface area contributed by atoms with E-state index >= 15 is 0 Å². The van der Waals surface area contributed by atoms with Crippen molar-refractivity contribution in [2.45, 2.75) is 18.7 Å². The number of para-hydroxylation sites is 1. The third-order valence-corrected chi connectivity index (χ3v) is 3.98. The topological polar surface area (TPSA) is 82.2 Å².